The highest BCUT2D eigenvalue weighted by Crippen LogP contribution is 2.33. The zero-order valence-electron chi connectivity index (χ0n) is 17.9. The Balaban J connectivity index is 1.28. The Kier molecular flexibility index (Phi) is 6.03. The molecular weight excluding hydrogens is 478 g/mol. The maximum atomic E-state index is 12.6. The molecule has 0 radical (unpaired) electrons. The molecule has 174 valence electrons. The van der Waals surface area contributed by atoms with Crippen molar-refractivity contribution in [2.75, 3.05) is 43.4 Å². The largest absolute Gasteiger partial charge is 0.619 e. The first-order valence-corrected chi connectivity index (χ1v) is 11.7. The summed E-state index contributed by atoms with van der Waals surface area (Å²) in [6, 6.07) is 10.4. The minimum absolute atomic E-state index is 0.0431. The molecule has 0 bridgehead atoms. The number of hydrogen-bond donors (Lipinski definition) is 1. The molecule has 4 aromatic rings. The molecule has 0 spiro atoms. The van der Waals surface area contributed by atoms with Gasteiger partial charge < -0.3 is 25.5 Å². The van der Waals surface area contributed by atoms with E-state index in [9.17, 15) is 10.0 Å². The van der Waals surface area contributed by atoms with Gasteiger partial charge in [-0.3, -0.25) is 4.79 Å². The van der Waals surface area contributed by atoms with Crippen molar-refractivity contribution in [1.29, 1.82) is 0 Å². The fourth-order valence-corrected chi connectivity index (χ4v) is 4.74. The molecule has 3 aromatic heterocycles. The molecule has 0 atom stereocenters. The van der Waals surface area contributed by atoms with Crippen LogP contribution in [0.1, 0.15) is 0 Å². The summed E-state index contributed by atoms with van der Waals surface area (Å²) in [7, 11) is 0. The molecule has 1 aliphatic heterocycles. The summed E-state index contributed by atoms with van der Waals surface area (Å²) in [6.07, 6.45) is 2.88. The maximum absolute atomic E-state index is 12.6. The van der Waals surface area contributed by atoms with Gasteiger partial charge in [0.25, 0.3) is 5.91 Å². The molecule has 1 amide bonds. The van der Waals surface area contributed by atoms with Crippen LogP contribution in [0.25, 0.3) is 20.9 Å². The number of benzene rings is 1. The third-order valence-electron chi connectivity index (χ3n) is 5.39. The molecule has 1 aliphatic rings. The lowest BCUT2D eigenvalue weighted by Gasteiger charge is -2.35. The number of rotatable bonds is 5. The van der Waals surface area contributed by atoms with Crippen molar-refractivity contribution in [3.05, 3.63) is 59.0 Å². The van der Waals surface area contributed by atoms with E-state index in [0.717, 1.165) is 4.73 Å². The summed E-state index contributed by atoms with van der Waals surface area (Å²) >= 11 is 7.23. The minimum Gasteiger partial charge on any atom is -0.619 e. The van der Waals surface area contributed by atoms with Crippen LogP contribution in [-0.2, 0) is 4.79 Å². The molecule has 10 nitrogen and oxygen atoms in total. The first kappa shape index (κ1) is 22.1. The van der Waals surface area contributed by atoms with Gasteiger partial charge >= 0.3 is 0 Å². The van der Waals surface area contributed by atoms with Gasteiger partial charge in [0.1, 0.15) is 16.3 Å². The summed E-state index contributed by atoms with van der Waals surface area (Å²) in [5.74, 6) is 1.28. The summed E-state index contributed by atoms with van der Waals surface area (Å²) in [4.78, 5) is 30.5. The van der Waals surface area contributed by atoms with Crippen molar-refractivity contribution < 1.29 is 14.3 Å². The molecule has 1 saturated heterocycles. The Labute approximate surface area is 203 Å². The molecule has 5 rings (SSSR count). The number of nitrogens with zero attached hydrogens (tertiary/aromatic N) is 6. The average Bonchev–Trinajstić information content (AvgIpc) is 3.27. The van der Waals surface area contributed by atoms with Crippen LogP contribution in [0, 0.1) is 5.21 Å². The van der Waals surface area contributed by atoms with E-state index in [4.69, 9.17) is 27.1 Å². The highest BCUT2D eigenvalue weighted by molar-refractivity contribution is 7.21. The van der Waals surface area contributed by atoms with Gasteiger partial charge in [0, 0.05) is 37.3 Å². The molecule has 34 heavy (non-hydrogen) atoms. The monoisotopic (exact) mass is 497 g/mol. The van der Waals surface area contributed by atoms with E-state index in [-0.39, 0.29) is 18.5 Å². The van der Waals surface area contributed by atoms with Crippen molar-refractivity contribution in [1.82, 2.24) is 19.9 Å². The van der Waals surface area contributed by atoms with Gasteiger partial charge in [-0.05, 0) is 30.3 Å². The lowest BCUT2D eigenvalue weighted by molar-refractivity contribution is -0.604. The molecule has 0 unspecified atom stereocenters. The number of ether oxygens (including phenoxy) is 1. The predicted octanol–water partition coefficient (Wildman–Crippen LogP) is 2.35. The van der Waals surface area contributed by atoms with E-state index in [1.165, 1.54) is 23.7 Å². The second kappa shape index (κ2) is 9.27. The first-order chi connectivity index (χ1) is 16.5. The molecule has 0 saturated carbocycles. The Morgan fingerprint density at radius 1 is 1.15 bits per heavy atom. The fourth-order valence-electron chi connectivity index (χ4n) is 3.68. The second-order valence-corrected chi connectivity index (χ2v) is 9.06. The van der Waals surface area contributed by atoms with Gasteiger partial charge in [-0.1, -0.05) is 22.9 Å². The van der Waals surface area contributed by atoms with Crippen LogP contribution in [-0.4, -0.2) is 58.5 Å². The summed E-state index contributed by atoms with van der Waals surface area (Å²) < 4.78 is 6.31. The number of fused-ring (bicyclic) bond motifs is 1. The van der Waals surface area contributed by atoms with Crippen LogP contribution in [0.2, 0.25) is 5.02 Å². The Morgan fingerprint density at radius 2 is 1.91 bits per heavy atom. The van der Waals surface area contributed by atoms with Gasteiger partial charge in [-0.2, -0.15) is 9.71 Å². The van der Waals surface area contributed by atoms with Crippen LogP contribution >= 0.6 is 22.9 Å². The van der Waals surface area contributed by atoms with Crippen molar-refractivity contribution in [3.8, 4) is 16.3 Å². The Bertz CT molecular complexity index is 1340. The van der Waals surface area contributed by atoms with Crippen molar-refractivity contribution in [2.45, 2.75) is 0 Å². The quantitative estimate of drug-likeness (QED) is 0.329. The number of pyridine rings is 1. The van der Waals surface area contributed by atoms with Gasteiger partial charge in [-0.25, -0.2) is 9.97 Å². The van der Waals surface area contributed by atoms with E-state index in [0.29, 0.717) is 63.7 Å². The number of piperazine rings is 1. The first-order valence-electron chi connectivity index (χ1n) is 10.5. The number of carbonyl (C=O) groups excluding carboxylic acids is 1. The molecule has 1 aromatic carbocycles. The number of amides is 1. The lowest BCUT2D eigenvalue weighted by Crippen LogP contribution is -2.50. The lowest BCUT2D eigenvalue weighted by atomic mass is 10.3. The number of nitrogen functional groups attached to an aromatic ring is 1. The Hall–Kier alpha value is -3.70. The molecule has 4 heterocycles. The number of halogens is 1. The molecule has 1 fully saturated rings. The molecular formula is C22H20ClN7O3S. The third-order valence-corrected chi connectivity index (χ3v) is 6.64. The summed E-state index contributed by atoms with van der Waals surface area (Å²) in [5, 5.41) is 12.9. The molecule has 12 heteroatoms. The van der Waals surface area contributed by atoms with Crippen molar-refractivity contribution in [3.63, 3.8) is 0 Å². The molecule has 0 aliphatic carbocycles. The minimum atomic E-state index is -0.0899. The Morgan fingerprint density at radius 3 is 2.65 bits per heavy atom. The van der Waals surface area contributed by atoms with Crippen LogP contribution in [0.3, 0.4) is 0 Å². The summed E-state index contributed by atoms with van der Waals surface area (Å²) in [6.45, 7) is 2.12. The number of nitrogens with two attached hydrogens (primary N) is 1. The number of hydrogen-bond acceptors (Lipinski definition) is 9. The van der Waals surface area contributed by atoms with Crippen LogP contribution < -0.4 is 20.1 Å². The number of aromatic nitrogens is 4. The summed E-state index contributed by atoms with van der Waals surface area (Å²) in [5.41, 5.74) is 7.29. The van der Waals surface area contributed by atoms with Gasteiger partial charge in [0.2, 0.25) is 5.95 Å². The zero-order chi connectivity index (χ0) is 23.7. The number of thiazole rings is 1. The SMILES string of the molecule is Nc1nc(N2CCN(C(=O)COc3ccc(Cl)cc3)CC2)c2nc(-c3ccc[n+]([O-])c3)sc2n1. The predicted molar refractivity (Wildman–Crippen MR) is 130 cm³/mol. The van der Waals surface area contributed by atoms with Gasteiger partial charge in [0.15, 0.2) is 29.6 Å². The molecule has 2 N–H and O–H groups in total. The van der Waals surface area contributed by atoms with E-state index in [2.05, 4.69) is 9.97 Å². The highest BCUT2D eigenvalue weighted by Gasteiger charge is 2.25. The third kappa shape index (κ3) is 4.66. The van der Waals surface area contributed by atoms with E-state index >= 15 is 0 Å². The topological polar surface area (TPSA) is 124 Å². The smallest absolute Gasteiger partial charge is 0.260 e. The standard InChI is InChI=1S/C22H20ClN7O3S/c23-15-3-5-16(6-4-15)33-13-17(31)28-8-10-29(11-9-28)19-18-21(27-22(24)26-19)34-20(25-18)14-2-1-7-30(32)12-14/h1-7,12H,8-11,13H2,(H2,24,26,27). The van der Waals surface area contributed by atoms with Crippen molar-refractivity contribution >= 4 is 51.0 Å². The van der Waals surface area contributed by atoms with E-state index < -0.39 is 0 Å². The van der Waals surface area contributed by atoms with Crippen molar-refractivity contribution in [2.24, 2.45) is 0 Å². The van der Waals surface area contributed by atoms with E-state index in [1.54, 1.807) is 35.2 Å². The normalized spacial score (nSPS) is 13.9. The highest BCUT2D eigenvalue weighted by atomic mass is 35.5. The second-order valence-electron chi connectivity index (χ2n) is 7.64. The fraction of sp³-hybridized carbons (Fsp3) is 0.227. The van der Waals surface area contributed by atoms with Gasteiger partial charge in [0.05, 0.1) is 5.56 Å². The average molecular weight is 498 g/mol. The maximum Gasteiger partial charge on any atom is 0.260 e. The number of anilines is 2. The van der Waals surface area contributed by atoms with Crippen LogP contribution in [0.15, 0.2) is 48.8 Å². The van der Waals surface area contributed by atoms with Gasteiger partial charge in [-0.15, -0.1) is 0 Å². The zero-order valence-corrected chi connectivity index (χ0v) is 19.5. The van der Waals surface area contributed by atoms with E-state index in [1.807, 2.05) is 11.0 Å². The van der Waals surface area contributed by atoms with Crippen LogP contribution in [0.5, 0.6) is 5.75 Å². The van der Waals surface area contributed by atoms with Crippen LogP contribution in [0.4, 0.5) is 11.8 Å². The number of carbonyl (C=O) groups is 1.